The Morgan fingerprint density at radius 1 is 0.456 bits per heavy atom. The minimum Gasteiger partial charge on any atom is -0.324 e. The summed E-state index contributed by atoms with van der Waals surface area (Å²) in [7, 11) is 1.84. The Morgan fingerprint density at radius 3 is 1.58 bits per heavy atom. The van der Waals surface area contributed by atoms with Gasteiger partial charge in [-0.05, 0) is 143 Å². The molecule has 6 atom stereocenters. The van der Waals surface area contributed by atoms with Gasteiger partial charge in [0.15, 0.2) is 0 Å². The third kappa shape index (κ3) is 16.3. The first kappa shape index (κ1) is 63.2. The summed E-state index contributed by atoms with van der Waals surface area (Å²) in [4.78, 5) is 4.34. The van der Waals surface area contributed by atoms with Crippen molar-refractivity contribution in [3.05, 3.63) is 379 Å². The average molecular weight is 1200 g/mol. The lowest BCUT2D eigenvalue weighted by atomic mass is 9.95. The fourth-order valence-electron chi connectivity index (χ4n) is 10.8. The lowest BCUT2D eigenvalue weighted by molar-refractivity contribution is 0.479. The van der Waals surface area contributed by atoms with Gasteiger partial charge >= 0.3 is 0 Å². The highest BCUT2D eigenvalue weighted by molar-refractivity contribution is 7.26. The maximum absolute atomic E-state index is 6.12. The van der Waals surface area contributed by atoms with Gasteiger partial charge < -0.3 is 32.3 Å². The first-order valence-electron chi connectivity index (χ1n) is 30.5. The number of nitrogens with one attached hydrogen (secondary N) is 3. The molecule has 6 unspecified atom stereocenters. The molecule has 450 valence electrons. The van der Waals surface area contributed by atoms with Gasteiger partial charge in [-0.15, -0.1) is 11.3 Å². The lowest BCUT2D eigenvalue weighted by Crippen LogP contribution is -2.30. The monoisotopic (exact) mass is 1200 g/mol. The third-order valence-electron chi connectivity index (χ3n) is 16.0. The number of benzene rings is 9. The van der Waals surface area contributed by atoms with Crippen molar-refractivity contribution in [2.75, 3.05) is 16.8 Å². The van der Waals surface area contributed by atoms with Crippen LogP contribution in [-0.4, -0.2) is 7.05 Å². The van der Waals surface area contributed by atoms with Crippen molar-refractivity contribution < 1.29 is 0 Å². The number of hydrogen-bond acceptors (Lipinski definition) is 9. The van der Waals surface area contributed by atoms with Gasteiger partial charge in [-0.1, -0.05) is 244 Å². The van der Waals surface area contributed by atoms with Crippen LogP contribution < -0.4 is 43.0 Å². The van der Waals surface area contributed by atoms with Crippen LogP contribution in [0.4, 0.5) is 17.1 Å². The van der Waals surface area contributed by atoms with E-state index in [1.54, 1.807) is 0 Å². The van der Waals surface area contributed by atoms with E-state index in [4.69, 9.17) is 17.2 Å². The van der Waals surface area contributed by atoms with Crippen LogP contribution in [0, 0.1) is 0 Å². The summed E-state index contributed by atoms with van der Waals surface area (Å²) in [5.74, 6) is 0. The summed E-state index contributed by atoms with van der Waals surface area (Å²) < 4.78 is 2.63. The molecular formula is C81H80N8S. The van der Waals surface area contributed by atoms with E-state index in [9.17, 15) is 0 Å². The normalized spacial score (nSPS) is 18.9. The molecule has 0 radical (unpaired) electrons. The van der Waals surface area contributed by atoms with Crippen LogP contribution in [0.15, 0.2) is 335 Å². The van der Waals surface area contributed by atoms with E-state index in [0.717, 1.165) is 61.6 Å². The predicted molar refractivity (Wildman–Crippen MR) is 386 cm³/mol. The Bertz CT molecular complexity index is 4120. The highest BCUT2D eigenvalue weighted by Crippen LogP contribution is 2.45. The summed E-state index contributed by atoms with van der Waals surface area (Å²) in [6, 6.07) is 83.2. The molecule has 0 spiro atoms. The molecule has 13 rings (SSSR count). The molecule has 0 amide bonds. The third-order valence-corrected chi connectivity index (χ3v) is 17.2. The van der Waals surface area contributed by atoms with Crippen molar-refractivity contribution in [1.82, 2.24) is 16.0 Å². The smallest absolute Gasteiger partial charge is 0.0814 e. The van der Waals surface area contributed by atoms with E-state index in [1.807, 2.05) is 153 Å². The maximum atomic E-state index is 6.12. The first-order chi connectivity index (χ1) is 43.9. The number of fused-ring (bicyclic) bond motifs is 4. The SMILES string of the molecule is C=C1/C=C(c2cccc3c2sc2ccccc23)\C=C/N(c2ccc(C3NC3c3ccccc3)cc2)c2ccccc21.C=C1/C=C\C=C/N(c2ccc(C(C)N)cc2)/C=C\C=C/C1=C.CC(NC(N)c1ccccc1)c1ccccc1.CNC(N)c1ccccc1. The highest BCUT2D eigenvalue weighted by atomic mass is 32.1. The second kappa shape index (κ2) is 30.9. The molecule has 9 N–H and O–H groups in total. The number of thiophene rings is 1. The molecule has 10 aromatic rings. The van der Waals surface area contributed by atoms with Crippen LogP contribution in [0.5, 0.6) is 0 Å². The highest BCUT2D eigenvalue weighted by Gasteiger charge is 2.38. The van der Waals surface area contributed by atoms with E-state index in [1.165, 1.54) is 42.4 Å². The van der Waals surface area contributed by atoms with E-state index in [0.29, 0.717) is 12.1 Å². The minimum absolute atomic E-state index is 0.0406. The first-order valence-corrected chi connectivity index (χ1v) is 31.4. The van der Waals surface area contributed by atoms with Crippen LogP contribution in [0.1, 0.15) is 94.9 Å². The van der Waals surface area contributed by atoms with Crippen LogP contribution in [-0.2, 0) is 0 Å². The number of rotatable bonds is 12. The molecule has 9 aromatic carbocycles. The Labute approximate surface area is 536 Å². The fraction of sp³-hybridized carbons (Fsp3) is 0.111. The molecule has 9 heteroatoms. The van der Waals surface area contributed by atoms with Crippen molar-refractivity contribution in [3.8, 4) is 0 Å². The maximum Gasteiger partial charge on any atom is 0.0814 e. The minimum atomic E-state index is -0.133. The second-order valence-electron chi connectivity index (χ2n) is 22.3. The molecule has 0 saturated carbocycles. The van der Waals surface area contributed by atoms with E-state index < -0.39 is 0 Å². The molecule has 0 bridgehead atoms. The topological polar surface area (TPSA) is 131 Å². The molecule has 4 heterocycles. The average Bonchev–Trinajstić information content (AvgIpc) is 1.94. The van der Waals surface area contributed by atoms with Crippen molar-refractivity contribution in [2.45, 2.75) is 50.3 Å². The second-order valence-corrected chi connectivity index (χ2v) is 23.4. The summed E-state index contributed by atoms with van der Waals surface area (Å²) in [5.41, 5.74) is 34.6. The van der Waals surface area contributed by atoms with Gasteiger partial charge in [0.2, 0.25) is 0 Å². The van der Waals surface area contributed by atoms with Crippen molar-refractivity contribution in [3.63, 3.8) is 0 Å². The predicted octanol–water partition coefficient (Wildman–Crippen LogP) is 18.8. The Kier molecular flexibility index (Phi) is 21.7. The van der Waals surface area contributed by atoms with Gasteiger partial charge in [0.05, 0.1) is 30.1 Å². The Morgan fingerprint density at radius 2 is 0.967 bits per heavy atom. The van der Waals surface area contributed by atoms with Gasteiger partial charge in [-0.25, -0.2) is 0 Å². The Balaban J connectivity index is 0.000000152. The number of allylic oxidation sites excluding steroid dienone is 12. The lowest BCUT2D eigenvalue weighted by Gasteiger charge is -2.26. The van der Waals surface area contributed by atoms with Crippen LogP contribution in [0.25, 0.3) is 31.3 Å². The molecule has 1 saturated heterocycles. The van der Waals surface area contributed by atoms with Crippen LogP contribution in [0.3, 0.4) is 0 Å². The summed E-state index contributed by atoms with van der Waals surface area (Å²) in [5, 5.41) is 12.6. The van der Waals surface area contributed by atoms with E-state index >= 15 is 0 Å². The summed E-state index contributed by atoms with van der Waals surface area (Å²) >= 11 is 1.86. The van der Waals surface area contributed by atoms with Gasteiger partial charge in [-0.2, -0.15) is 0 Å². The number of para-hydroxylation sites is 1. The fourth-order valence-corrected chi connectivity index (χ4v) is 12.0. The zero-order chi connectivity index (χ0) is 62.8. The largest absolute Gasteiger partial charge is 0.324 e. The van der Waals surface area contributed by atoms with Crippen molar-refractivity contribution in [2.24, 2.45) is 17.2 Å². The molecular weight excluding hydrogens is 1120 g/mol. The zero-order valence-corrected chi connectivity index (χ0v) is 52.3. The summed E-state index contributed by atoms with van der Waals surface area (Å²) in [6.45, 7) is 16.6. The summed E-state index contributed by atoms with van der Waals surface area (Å²) in [6.07, 6.45) is 22.3. The van der Waals surface area contributed by atoms with Gasteiger partial charge in [0.1, 0.15) is 0 Å². The van der Waals surface area contributed by atoms with Crippen LogP contribution in [0.2, 0.25) is 0 Å². The number of nitrogens with zero attached hydrogens (tertiary/aromatic N) is 2. The van der Waals surface area contributed by atoms with E-state index in [2.05, 4.69) is 228 Å². The molecule has 8 nitrogen and oxygen atoms in total. The Hall–Kier alpha value is -9.78. The molecule has 3 aliphatic heterocycles. The van der Waals surface area contributed by atoms with Gasteiger partial charge in [0, 0.05) is 67.8 Å². The zero-order valence-electron chi connectivity index (χ0n) is 51.5. The number of nitrogens with two attached hydrogens (primary N) is 3. The molecule has 1 fully saturated rings. The number of anilines is 3. The van der Waals surface area contributed by atoms with Gasteiger partial charge in [-0.3, -0.25) is 10.6 Å². The van der Waals surface area contributed by atoms with Crippen LogP contribution >= 0.6 is 11.3 Å². The molecule has 90 heavy (non-hydrogen) atoms. The number of hydrogen-bond donors (Lipinski definition) is 6. The quantitative estimate of drug-likeness (QED) is 0.0527. The molecule has 0 aliphatic carbocycles. The van der Waals surface area contributed by atoms with E-state index in [-0.39, 0.29) is 24.4 Å². The molecule has 1 aromatic heterocycles. The van der Waals surface area contributed by atoms with Gasteiger partial charge in [0.25, 0.3) is 0 Å². The van der Waals surface area contributed by atoms with Crippen molar-refractivity contribution >= 4 is 59.7 Å². The standard InChI is InChI=1S/C38H28N2S.C20H22N2.C15H18N2.C8H12N2/c1-25-24-28(31-14-9-15-33-32-13-6-8-17-35(32)41-38(31)33)22-23-40(34-16-7-5-12-30(25)34)29-20-18-27(19-21-29)37-36(39-37)26-10-3-2-4-11-26;1-16-8-4-6-14-22(15-7-5-9-17(16)2)20-12-10-19(11-13-20)18(3)21;1-12(13-8-4-2-5-9-13)17-15(16)14-10-6-3-7-11-14;1-10-8(9)7-5-3-2-4-6-7/h2-24,36-37,39H,1H2;4-15,18H,1-2,21H2,3H3;2-12,15,17H,16H2,1H3;2-6,8,10H,9H2,1H3/b23-22-,28-24+;8-4-,9-5-,14-6-,15-7-;;. The molecule has 3 aliphatic rings. The van der Waals surface area contributed by atoms with Crippen molar-refractivity contribution in [1.29, 1.82) is 0 Å².